The smallest absolute Gasteiger partial charge is 0.119 e. The van der Waals surface area contributed by atoms with E-state index in [2.05, 4.69) is 48.3 Å². The molecule has 0 aromatic heterocycles. The van der Waals surface area contributed by atoms with Gasteiger partial charge < -0.3 is 9.64 Å². The molecule has 0 heterocycles. The van der Waals surface area contributed by atoms with Crippen molar-refractivity contribution in [3.63, 3.8) is 0 Å². The second kappa shape index (κ2) is 9.80. The van der Waals surface area contributed by atoms with E-state index < -0.39 is 0 Å². The molecular formula is C20H26N2O. The first-order chi connectivity index (χ1) is 11.2. The number of ether oxygens (including phenoxy) is 1. The van der Waals surface area contributed by atoms with Crippen molar-refractivity contribution >= 4 is 6.21 Å². The Kier molecular flexibility index (Phi) is 7.34. The average molecular weight is 310 g/mol. The first kappa shape index (κ1) is 17.2. The molecule has 0 amide bonds. The van der Waals surface area contributed by atoms with Gasteiger partial charge in [-0.25, -0.2) is 0 Å². The third-order valence-corrected chi connectivity index (χ3v) is 3.51. The predicted octanol–water partition coefficient (Wildman–Crippen LogP) is 3.68. The van der Waals surface area contributed by atoms with Crippen molar-refractivity contribution in [1.82, 2.24) is 4.90 Å². The molecule has 0 aliphatic rings. The van der Waals surface area contributed by atoms with Crippen LogP contribution in [0, 0.1) is 0 Å². The Labute approximate surface area is 139 Å². The van der Waals surface area contributed by atoms with Crippen molar-refractivity contribution in [2.75, 3.05) is 33.8 Å². The number of benzene rings is 2. The molecule has 0 aliphatic heterocycles. The van der Waals surface area contributed by atoms with Gasteiger partial charge >= 0.3 is 0 Å². The highest BCUT2D eigenvalue weighted by atomic mass is 16.5. The number of hydrogen-bond donors (Lipinski definition) is 0. The van der Waals surface area contributed by atoms with Crippen molar-refractivity contribution in [2.24, 2.45) is 4.99 Å². The molecule has 0 radical (unpaired) electrons. The summed E-state index contributed by atoms with van der Waals surface area (Å²) in [6, 6.07) is 18.6. The lowest BCUT2D eigenvalue weighted by Gasteiger charge is -2.10. The van der Waals surface area contributed by atoms with Gasteiger partial charge in [-0.3, -0.25) is 4.99 Å². The van der Waals surface area contributed by atoms with Crippen LogP contribution in [-0.4, -0.2) is 44.9 Å². The molecule has 2 aromatic carbocycles. The third kappa shape index (κ3) is 7.11. The molecule has 122 valence electrons. The Morgan fingerprint density at radius 2 is 1.74 bits per heavy atom. The number of rotatable bonds is 9. The molecule has 3 nitrogen and oxygen atoms in total. The molecule has 0 atom stereocenters. The van der Waals surface area contributed by atoms with Crippen molar-refractivity contribution in [1.29, 1.82) is 0 Å². The van der Waals surface area contributed by atoms with E-state index in [-0.39, 0.29) is 0 Å². The fraction of sp³-hybridized carbons (Fsp3) is 0.350. The summed E-state index contributed by atoms with van der Waals surface area (Å²) in [6.45, 7) is 2.61. The van der Waals surface area contributed by atoms with Crippen LogP contribution in [0.4, 0.5) is 0 Å². The molecule has 0 spiro atoms. The summed E-state index contributed by atoms with van der Waals surface area (Å²) in [6.07, 6.45) is 3.94. The first-order valence-electron chi connectivity index (χ1n) is 8.15. The van der Waals surface area contributed by atoms with Crippen molar-refractivity contribution in [2.45, 2.75) is 12.8 Å². The van der Waals surface area contributed by atoms with E-state index in [1.54, 1.807) is 0 Å². The Hall–Kier alpha value is -2.13. The molecule has 0 unspecified atom stereocenters. The van der Waals surface area contributed by atoms with Crippen LogP contribution in [-0.2, 0) is 6.42 Å². The Bertz CT molecular complexity index is 576. The maximum atomic E-state index is 5.72. The molecule has 0 aliphatic carbocycles. The second-order valence-electron chi connectivity index (χ2n) is 5.85. The topological polar surface area (TPSA) is 24.8 Å². The summed E-state index contributed by atoms with van der Waals surface area (Å²) in [4.78, 5) is 6.66. The average Bonchev–Trinajstić information content (AvgIpc) is 2.57. The molecule has 0 fully saturated rings. The van der Waals surface area contributed by atoms with Gasteiger partial charge in [-0.15, -0.1) is 0 Å². The van der Waals surface area contributed by atoms with Crippen LogP contribution in [0.25, 0.3) is 0 Å². The van der Waals surface area contributed by atoms with Gasteiger partial charge in [-0.05, 0) is 62.3 Å². The zero-order valence-corrected chi connectivity index (χ0v) is 14.1. The van der Waals surface area contributed by atoms with E-state index in [0.717, 1.165) is 43.9 Å². The Balaban J connectivity index is 1.70. The molecule has 0 saturated heterocycles. The van der Waals surface area contributed by atoms with E-state index >= 15 is 0 Å². The third-order valence-electron chi connectivity index (χ3n) is 3.51. The van der Waals surface area contributed by atoms with Crippen LogP contribution in [0.2, 0.25) is 0 Å². The van der Waals surface area contributed by atoms with Crippen LogP contribution in [0.15, 0.2) is 59.6 Å². The van der Waals surface area contributed by atoms with E-state index in [0.29, 0.717) is 0 Å². The van der Waals surface area contributed by atoms with E-state index in [9.17, 15) is 0 Å². The van der Waals surface area contributed by atoms with Gasteiger partial charge in [0, 0.05) is 19.3 Å². The standard InChI is InChI=1S/C20H26N2O/c1-22(2)15-6-16-23-20-11-9-19(10-12-20)17-21-14-13-18-7-4-3-5-8-18/h3-5,7-12,17H,6,13-16H2,1-2H3. The molecule has 23 heavy (non-hydrogen) atoms. The molecule has 0 saturated carbocycles. The van der Waals surface area contributed by atoms with Gasteiger partial charge in [0.1, 0.15) is 5.75 Å². The zero-order valence-electron chi connectivity index (χ0n) is 14.1. The summed E-state index contributed by atoms with van der Waals surface area (Å²) in [5.74, 6) is 0.921. The zero-order chi connectivity index (χ0) is 16.3. The minimum absolute atomic E-state index is 0.753. The van der Waals surface area contributed by atoms with Gasteiger partial charge in [0.15, 0.2) is 0 Å². The molecular weight excluding hydrogens is 284 g/mol. The normalized spacial score (nSPS) is 11.3. The highest BCUT2D eigenvalue weighted by Gasteiger charge is 1.95. The van der Waals surface area contributed by atoms with E-state index in [1.165, 1.54) is 5.56 Å². The Morgan fingerprint density at radius 3 is 2.43 bits per heavy atom. The highest BCUT2D eigenvalue weighted by molar-refractivity contribution is 5.79. The maximum absolute atomic E-state index is 5.72. The molecule has 2 rings (SSSR count). The quantitative estimate of drug-likeness (QED) is 0.521. The molecule has 2 aromatic rings. The Morgan fingerprint density at radius 1 is 1.00 bits per heavy atom. The molecule has 0 bridgehead atoms. The second-order valence-corrected chi connectivity index (χ2v) is 5.85. The van der Waals surface area contributed by atoms with Crippen LogP contribution in [0.1, 0.15) is 17.5 Å². The van der Waals surface area contributed by atoms with Gasteiger partial charge in [-0.1, -0.05) is 30.3 Å². The number of nitrogens with zero attached hydrogens (tertiary/aromatic N) is 2. The lowest BCUT2D eigenvalue weighted by molar-refractivity contribution is 0.281. The van der Waals surface area contributed by atoms with E-state index in [1.807, 2.05) is 36.5 Å². The summed E-state index contributed by atoms with van der Waals surface area (Å²) < 4.78 is 5.72. The SMILES string of the molecule is CN(C)CCCOc1ccc(C=NCCc2ccccc2)cc1. The van der Waals surface area contributed by atoms with Crippen LogP contribution in [0.3, 0.4) is 0 Å². The molecule has 0 N–H and O–H groups in total. The van der Waals surface area contributed by atoms with Gasteiger partial charge in [0.05, 0.1) is 6.61 Å². The van der Waals surface area contributed by atoms with Crippen LogP contribution < -0.4 is 4.74 Å². The minimum atomic E-state index is 0.753. The van der Waals surface area contributed by atoms with Crippen LogP contribution in [0.5, 0.6) is 5.75 Å². The maximum Gasteiger partial charge on any atom is 0.119 e. The van der Waals surface area contributed by atoms with Crippen LogP contribution >= 0.6 is 0 Å². The summed E-state index contributed by atoms with van der Waals surface area (Å²) in [5, 5.41) is 0. The summed E-state index contributed by atoms with van der Waals surface area (Å²) in [7, 11) is 4.15. The fourth-order valence-electron chi connectivity index (χ4n) is 2.23. The summed E-state index contributed by atoms with van der Waals surface area (Å²) in [5.41, 5.74) is 2.44. The largest absolute Gasteiger partial charge is 0.494 e. The lowest BCUT2D eigenvalue weighted by atomic mass is 10.1. The monoisotopic (exact) mass is 310 g/mol. The van der Waals surface area contributed by atoms with E-state index in [4.69, 9.17) is 4.74 Å². The molecule has 3 heteroatoms. The van der Waals surface area contributed by atoms with Crippen molar-refractivity contribution in [3.05, 3.63) is 65.7 Å². The lowest BCUT2D eigenvalue weighted by Crippen LogP contribution is -2.15. The van der Waals surface area contributed by atoms with Gasteiger partial charge in [0.2, 0.25) is 0 Å². The fourth-order valence-corrected chi connectivity index (χ4v) is 2.23. The summed E-state index contributed by atoms with van der Waals surface area (Å²) >= 11 is 0. The highest BCUT2D eigenvalue weighted by Crippen LogP contribution is 2.11. The number of aliphatic imine (C=N–C) groups is 1. The van der Waals surface area contributed by atoms with Gasteiger partial charge in [0.25, 0.3) is 0 Å². The van der Waals surface area contributed by atoms with Crippen molar-refractivity contribution in [3.8, 4) is 5.75 Å². The van der Waals surface area contributed by atoms with Crippen molar-refractivity contribution < 1.29 is 4.74 Å². The first-order valence-corrected chi connectivity index (χ1v) is 8.15. The minimum Gasteiger partial charge on any atom is -0.494 e. The number of hydrogen-bond acceptors (Lipinski definition) is 3. The van der Waals surface area contributed by atoms with Gasteiger partial charge in [-0.2, -0.15) is 0 Å². The predicted molar refractivity (Wildman–Crippen MR) is 97.7 cm³/mol.